The SMILES string of the molecule is CC(=O)c1cccc(OCC(=O)Oc2cccc([N+](=O)[O-])c2)c1. The smallest absolute Gasteiger partial charge is 0.349 e. The summed E-state index contributed by atoms with van der Waals surface area (Å²) in [4.78, 5) is 33.0. The topological polar surface area (TPSA) is 95.7 Å². The van der Waals surface area contributed by atoms with Crippen molar-refractivity contribution >= 4 is 17.4 Å². The number of non-ortho nitro benzene ring substituents is 1. The fraction of sp³-hybridized carbons (Fsp3) is 0.125. The molecule has 0 aliphatic rings. The molecule has 23 heavy (non-hydrogen) atoms. The molecule has 2 aromatic carbocycles. The molecule has 0 spiro atoms. The molecular formula is C16H13NO6. The largest absolute Gasteiger partial charge is 0.482 e. The van der Waals surface area contributed by atoms with Gasteiger partial charge in [0.25, 0.3) is 5.69 Å². The molecule has 0 radical (unpaired) electrons. The van der Waals surface area contributed by atoms with Gasteiger partial charge < -0.3 is 9.47 Å². The molecule has 0 aromatic heterocycles. The Labute approximate surface area is 131 Å². The van der Waals surface area contributed by atoms with E-state index in [1.165, 1.54) is 31.2 Å². The minimum Gasteiger partial charge on any atom is -0.482 e. The van der Waals surface area contributed by atoms with E-state index in [0.717, 1.165) is 6.07 Å². The highest BCUT2D eigenvalue weighted by Gasteiger charge is 2.11. The van der Waals surface area contributed by atoms with Crippen molar-refractivity contribution in [3.05, 3.63) is 64.2 Å². The molecule has 2 aromatic rings. The van der Waals surface area contributed by atoms with E-state index >= 15 is 0 Å². The second-order valence-corrected chi connectivity index (χ2v) is 4.60. The van der Waals surface area contributed by atoms with Crippen LogP contribution in [0.15, 0.2) is 48.5 Å². The van der Waals surface area contributed by atoms with Gasteiger partial charge in [-0.25, -0.2) is 4.79 Å². The highest BCUT2D eigenvalue weighted by molar-refractivity contribution is 5.94. The maximum absolute atomic E-state index is 11.7. The number of ether oxygens (including phenoxy) is 2. The molecule has 0 aliphatic heterocycles. The maximum atomic E-state index is 11.7. The van der Waals surface area contributed by atoms with Gasteiger partial charge in [-0.1, -0.05) is 18.2 Å². The Morgan fingerprint density at radius 3 is 2.48 bits per heavy atom. The lowest BCUT2D eigenvalue weighted by Gasteiger charge is -2.07. The summed E-state index contributed by atoms with van der Waals surface area (Å²) in [7, 11) is 0. The summed E-state index contributed by atoms with van der Waals surface area (Å²) in [5.74, 6) is -0.410. The van der Waals surface area contributed by atoms with Crippen LogP contribution in [0, 0.1) is 10.1 Å². The van der Waals surface area contributed by atoms with Crippen molar-refractivity contribution in [2.75, 3.05) is 6.61 Å². The average molecular weight is 315 g/mol. The van der Waals surface area contributed by atoms with Crippen LogP contribution in [0.25, 0.3) is 0 Å². The Morgan fingerprint density at radius 1 is 1.09 bits per heavy atom. The summed E-state index contributed by atoms with van der Waals surface area (Å²) in [5.41, 5.74) is 0.292. The van der Waals surface area contributed by atoms with Crippen LogP contribution < -0.4 is 9.47 Å². The Morgan fingerprint density at radius 2 is 1.78 bits per heavy atom. The third kappa shape index (κ3) is 4.63. The Kier molecular flexibility index (Phi) is 5.03. The standard InChI is InChI=1S/C16H13NO6/c1-11(18)12-4-2-6-14(8-12)22-10-16(19)23-15-7-3-5-13(9-15)17(20)21/h2-9H,10H2,1H3. The zero-order chi connectivity index (χ0) is 16.8. The quantitative estimate of drug-likeness (QED) is 0.267. The van der Waals surface area contributed by atoms with Gasteiger partial charge in [0.15, 0.2) is 12.4 Å². The van der Waals surface area contributed by atoms with Crippen molar-refractivity contribution < 1.29 is 24.0 Å². The van der Waals surface area contributed by atoms with Crippen molar-refractivity contribution in [3.8, 4) is 11.5 Å². The lowest BCUT2D eigenvalue weighted by atomic mass is 10.1. The van der Waals surface area contributed by atoms with E-state index in [-0.39, 0.29) is 23.8 Å². The first-order chi connectivity index (χ1) is 11.0. The molecule has 7 heteroatoms. The number of nitro groups is 1. The van der Waals surface area contributed by atoms with Gasteiger partial charge in [-0.2, -0.15) is 0 Å². The Bertz CT molecular complexity index is 756. The van der Waals surface area contributed by atoms with Crippen LogP contribution in [0.1, 0.15) is 17.3 Å². The molecule has 2 rings (SSSR count). The number of nitro benzene ring substituents is 1. The maximum Gasteiger partial charge on any atom is 0.349 e. The monoisotopic (exact) mass is 315 g/mol. The summed E-state index contributed by atoms with van der Waals surface area (Å²) in [6, 6.07) is 11.7. The summed E-state index contributed by atoms with van der Waals surface area (Å²) < 4.78 is 10.2. The first-order valence-electron chi connectivity index (χ1n) is 6.64. The normalized spacial score (nSPS) is 9.96. The number of nitrogens with zero attached hydrogens (tertiary/aromatic N) is 1. The van der Waals surface area contributed by atoms with Gasteiger partial charge in [-0.05, 0) is 25.1 Å². The lowest BCUT2D eigenvalue weighted by Crippen LogP contribution is -2.17. The molecule has 0 saturated heterocycles. The molecular weight excluding hydrogens is 302 g/mol. The molecule has 0 bridgehead atoms. The van der Waals surface area contributed by atoms with Crippen LogP contribution in [-0.4, -0.2) is 23.3 Å². The van der Waals surface area contributed by atoms with E-state index in [4.69, 9.17) is 9.47 Å². The molecule has 0 heterocycles. The predicted octanol–water partition coefficient (Wildman–Crippen LogP) is 2.78. The molecule has 7 nitrogen and oxygen atoms in total. The van der Waals surface area contributed by atoms with E-state index in [1.807, 2.05) is 0 Å². The average Bonchev–Trinajstić information content (AvgIpc) is 2.53. The fourth-order valence-electron chi connectivity index (χ4n) is 1.77. The van der Waals surface area contributed by atoms with E-state index in [1.54, 1.807) is 18.2 Å². The van der Waals surface area contributed by atoms with Gasteiger partial charge >= 0.3 is 5.97 Å². The van der Waals surface area contributed by atoms with Gasteiger partial charge in [-0.3, -0.25) is 14.9 Å². The number of benzene rings is 2. The number of ketones is 1. The van der Waals surface area contributed by atoms with E-state index < -0.39 is 10.9 Å². The zero-order valence-electron chi connectivity index (χ0n) is 12.2. The fourth-order valence-corrected chi connectivity index (χ4v) is 1.77. The summed E-state index contributed by atoms with van der Waals surface area (Å²) in [6.45, 7) is 1.04. The first kappa shape index (κ1) is 16.2. The predicted molar refractivity (Wildman–Crippen MR) is 80.7 cm³/mol. The van der Waals surface area contributed by atoms with Crippen molar-refractivity contribution in [3.63, 3.8) is 0 Å². The molecule has 0 fully saturated rings. The third-order valence-electron chi connectivity index (χ3n) is 2.86. The minimum atomic E-state index is -0.710. The number of esters is 1. The first-order valence-corrected chi connectivity index (χ1v) is 6.64. The number of carbonyl (C=O) groups is 2. The van der Waals surface area contributed by atoms with E-state index in [9.17, 15) is 19.7 Å². The van der Waals surface area contributed by atoms with E-state index in [2.05, 4.69) is 0 Å². The zero-order valence-corrected chi connectivity index (χ0v) is 12.2. The molecule has 0 amide bonds. The van der Waals surface area contributed by atoms with Crippen LogP contribution in [-0.2, 0) is 4.79 Å². The molecule has 0 aliphatic carbocycles. The van der Waals surface area contributed by atoms with Crippen molar-refractivity contribution in [2.45, 2.75) is 6.92 Å². The van der Waals surface area contributed by atoms with Gasteiger partial charge in [0, 0.05) is 11.6 Å². The van der Waals surface area contributed by atoms with Crippen molar-refractivity contribution in [1.82, 2.24) is 0 Å². The Hall–Kier alpha value is -3.22. The summed E-state index contributed by atoms with van der Waals surface area (Å²) >= 11 is 0. The number of Topliss-reactive ketones (excluding diaryl/α,β-unsaturated/α-hetero) is 1. The number of hydrogen-bond acceptors (Lipinski definition) is 6. The summed E-state index contributed by atoms with van der Waals surface area (Å²) in [6.07, 6.45) is 0. The molecule has 118 valence electrons. The second-order valence-electron chi connectivity index (χ2n) is 4.60. The number of hydrogen-bond donors (Lipinski definition) is 0. The van der Waals surface area contributed by atoms with Crippen LogP contribution in [0.4, 0.5) is 5.69 Å². The lowest BCUT2D eigenvalue weighted by molar-refractivity contribution is -0.384. The summed E-state index contributed by atoms with van der Waals surface area (Å²) in [5, 5.41) is 10.6. The third-order valence-corrected chi connectivity index (χ3v) is 2.86. The van der Waals surface area contributed by atoms with Gasteiger partial charge in [0.1, 0.15) is 11.5 Å². The number of rotatable bonds is 6. The van der Waals surface area contributed by atoms with Crippen LogP contribution in [0.5, 0.6) is 11.5 Å². The minimum absolute atomic E-state index is 0.0605. The molecule has 0 unspecified atom stereocenters. The molecule has 0 saturated carbocycles. The highest BCUT2D eigenvalue weighted by atomic mass is 16.6. The van der Waals surface area contributed by atoms with Crippen LogP contribution >= 0.6 is 0 Å². The molecule has 0 atom stereocenters. The number of carbonyl (C=O) groups excluding carboxylic acids is 2. The van der Waals surface area contributed by atoms with Gasteiger partial charge in [0.05, 0.1) is 11.0 Å². The second kappa shape index (κ2) is 7.17. The van der Waals surface area contributed by atoms with Crippen molar-refractivity contribution in [1.29, 1.82) is 0 Å². The van der Waals surface area contributed by atoms with Crippen LogP contribution in [0.2, 0.25) is 0 Å². The van der Waals surface area contributed by atoms with Gasteiger partial charge in [-0.15, -0.1) is 0 Å². The van der Waals surface area contributed by atoms with Crippen LogP contribution in [0.3, 0.4) is 0 Å². The van der Waals surface area contributed by atoms with Crippen molar-refractivity contribution in [2.24, 2.45) is 0 Å². The molecule has 0 N–H and O–H groups in total. The van der Waals surface area contributed by atoms with Gasteiger partial charge in [0.2, 0.25) is 0 Å². The Balaban J connectivity index is 1.95. The highest BCUT2D eigenvalue weighted by Crippen LogP contribution is 2.19. The van der Waals surface area contributed by atoms with E-state index in [0.29, 0.717) is 11.3 Å².